The Morgan fingerprint density at radius 3 is 2.65 bits per heavy atom. The summed E-state index contributed by atoms with van der Waals surface area (Å²) in [6.07, 6.45) is -0.408. The SMILES string of the molecule is Cn1c(SCC(=O)NNC(=O)c2ccc(Cl)cc2)nnc1C1COc2ccccc2O1. The quantitative estimate of drug-likeness (QED) is 0.446. The van der Waals surface area contributed by atoms with Crippen LogP contribution in [0.25, 0.3) is 0 Å². The molecule has 0 radical (unpaired) electrons. The van der Waals surface area contributed by atoms with Gasteiger partial charge in [-0.1, -0.05) is 35.5 Å². The fourth-order valence-corrected chi connectivity index (χ4v) is 3.69. The first-order valence-electron chi connectivity index (χ1n) is 9.26. The van der Waals surface area contributed by atoms with Crippen LogP contribution in [-0.2, 0) is 11.8 Å². The highest BCUT2D eigenvalue weighted by atomic mass is 35.5. The summed E-state index contributed by atoms with van der Waals surface area (Å²) in [5, 5.41) is 9.38. The first-order chi connectivity index (χ1) is 15.0. The number of aromatic nitrogens is 3. The number of fused-ring (bicyclic) bond motifs is 1. The fourth-order valence-electron chi connectivity index (χ4n) is 2.85. The number of nitrogens with one attached hydrogen (secondary N) is 2. The van der Waals surface area contributed by atoms with E-state index in [9.17, 15) is 9.59 Å². The molecule has 0 spiro atoms. The van der Waals surface area contributed by atoms with Crippen LogP contribution in [0.15, 0.2) is 53.7 Å². The van der Waals surface area contributed by atoms with Crippen LogP contribution in [0.1, 0.15) is 22.3 Å². The second-order valence-corrected chi connectivity index (χ2v) is 7.94. The maximum absolute atomic E-state index is 12.1. The molecular formula is C20H18ClN5O4S. The van der Waals surface area contributed by atoms with Gasteiger partial charge in [0.1, 0.15) is 6.61 Å². The van der Waals surface area contributed by atoms with E-state index >= 15 is 0 Å². The Bertz CT molecular complexity index is 1110. The Labute approximate surface area is 187 Å². The molecule has 0 bridgehead atoms. The van der Waals surface area contributed by atoms with Gasteiger partial charge >= 0.3 is 0 Å². The van der Waals surface area contributed by atoms with Crippen LogP contribution >= 0.6 is 23.4 Å². The first-order valence-corrected chi connectivity index (χ1v) is 10.6. The lowest BCUT2D eigenvalue weighted by Gasteiger charge is -2.25. The largest absolute Gasteiger partial charge is 0.485 e. The van der Waals surface area contributed by atoms with Crippen molar-refractivity contribution in [2.24, 2.45) is 7.05 Å². The number of benzene rings is 2. The summed E-state index contributed by atoms with van der Waals surface area (Å²) in [5.74, 6) is 1.14. The minimum Gasteiger partial charge on any atom is -0.485 e. The van der Waals surface area contributed by atoms with Crippen LogP contribution in [-0.4, -0.2) is 38.9 Å². The van der Waals surface area contributed by atoms with Crippen LogP contribution < -0.4 is 20.3 Å². The zero-order valence-electron chi connectivity index (χ0n) is 16.4. The minimum absolute atomic E-state index is 0.0394. The van der Waals surface area contributed by atoms with Crippen LogP contribution in [0.3, 0.4) is 0 Å². The number of hydrogen-bond acceptors (Lipinski definition) is 7. The van der Waals surface area contributed by atoms with Gasteiger partial charge in [0, 0.05) is 17.6 Å². The number of carbonyl (C=O) groups is 2. The van der Waals surface area contributed by atoms with Crippen LogP contribution in [0.2, 0.25) is 5.02 Å². The average molecular weight is 460 g/mol. The van der Waals surface area contributed by atoms with Crippen molar-refractivity contribution in [1.29, 1.82) is 0 Å². The molecule has 0 saturated carbocycles. The van der Waals surface area contributed by atoms with Gasteiger partial charge in [0.15, 0.2) is 28.6 Å². The third-order valence-electron chi connectivity index (χ3n) is 4.42. The molecule has 2 amide bonds. The Kier molecular flexibility index (Phi) is 6.28. The molecule has 2 N–H and O–H groups in total. The molecule has 1 aliphatic rings. The van der Waals surface area contributed by atoms with Gasteiger partial charge in [0.2, 0.25) is 5.91 Å². The summed E-state index contributed by atoms with van der Waals surface area (Å²) in [4.78, 5) is 24.1. The van der Waals surface area contributed by atoms with Gasteiger partial charge in [-0.2, -0.15) is 0 Å². The van der Waals surface area contributed by atoms with Gasteiger partial charge < -0.3 is 14.0 Å². The predicted molar refractivity (Wildman–Crippen MR) is 114 cm³/mol. The highest BCUT2D eigenvalue weighted by Gasteiger charge is 2.27. The Morgan fingerprint density at radius 1 is 1.13 bits per heavy atom. The van der Waals surface area contributed by atoms with Gasteiger partial charge in [-0.25, -0.2) is 0 Å². The molecule has 0 fully saturated rings. The number of carbonyl (C=O) groups excluding carboxylic acids is 2. The summed E-state index contributed by atoms with van der Waals surface area (Å²) >= 11 is 6.98. The third kappa shape index (κ3) is 4.92. The standard InChI is InChI=1S/C20H18ClN5O4S/c1-26-18(16-10-29-14-4-2-3-5-15(14)30-16)23-25-20(26)31-11-17(27)22-24-19(28)12-6-8-13(21)9-7-12/h2-9,16H,10-11H2,1H3,(H,22,27)(H,24,28). The summed E-state index contributed by atoms with van der Waals surface area (Å²) in [7, 11) is 1.79. The summed E-state index contributed by atoms with van der Waals surface area (Å²) in [6, 6.07) is 13.7. The molecule has 9 nitrogen and oxygen atoms in total. The second kappa shape index (κ2) is 9.27. The predicted octanol–water partition coefficient (Wildman–Crippen LogP) is 2.53. The molecule has 31 heavy (non-hydrogen) atoms. The zero-order valence-corrected chi connectivity index (χ0v) is 17.9. The molecule has 1 aliphatic heterocycles. The summed E-state index contributed by atoms with van der Waals surface area (Å²) in [6.45, 7) is 0.310. The number of nitrogens with zero attached hydrogens (tertiary/aromatic N) is 3. The van der Waals surface area contributed by atoms with Crippen molar-refractivity contribution in [1.82, 2.24) is 25.6 Å². The lowest BCUT2D eigenvalue weighted by atomic mass is 10.2. The molecule has 11 heteroatoms. The van der Waals surface area contributed by atoms with Crippen molar-refractivity contribution in [3.8, 4) is 11.5 Å². The van der Waals surface area contributed by atoms with E-state index in [1.54, 1.807) is 35.9 Å². The highest BCUT2D eigenvalue weighted by Crippen LogP contribution is 2.35. The van der Waals surface area contributed by atoms with Crippen molar-refractivity contribution in [3.63, 3.8) is 0 Å². The van der Waals surface area contributed by atoms with Gasteiger partial charge in [0.05, 0.1) is 5.75 Å². The highest BCUT2D eigenvalue weighted by molar-refractivity contribution is 7.99. The number of hydrazine groups is 1. The molecule has 4 rings (SSSR count). The van der Waals surface area contributed by atoms with Crippen molar-refractivity contribution in [2.45, 2.75) is 11.3 Å². The maximum atomic E-state index is 12.1. The maximum Gasteiger partial charge on any atom is 0.269 e. The molecule has 1 aromatic heterocycles. The number of amides is 2. The second-order valence-electron chi connectivity index (χ2n) is 6.56. The van der Waals surface area contributed by atoms with E-state index in [2.05, 4.69) is 21.0 Å². The van der Waals surface area contributed by atoms with E-state index in [1.807, 2.05) is 24.3 Å². The number of para-hydroxylation sites is 2. The van der Waals surface area contributed by atoms with E-state index in [0.29, 0.717) is 39.7 Å². The van der Waals surface area contributed by atoms with Crippen LogP contribution in [0.4, 0.5) is 0 Å². The van der Waals surface area contributed by atoms with E-state index in [4.69, 9.17) is 21.1 Å². The molecule has 1 atom stereocenters. The van der Waals surface area contributed by atoms with Gasteiger partial charge in [0.25, 0.3) is 5.91 Å². The number of hydrogen-bond donors (Lipinski definition) is 2. The Hall–Kier alpha value is -3.24. The van der Waals surface area contributed by atoms with Crippen molar-refractivity contribution < 1.29 is 19.1 Å². The summed E-state index contributed by atoms with van der Waals surface area (Å²) < 4.78 is 13.4. The number of rotatable bonds is 5. The van der Waals surface area contributed by atoms with E-state index < -0.39 is 12.0 Å². The van der Waals surface area contributed by atoms with Gasteiger partial charge in [-0.15, -0.1) is 10.2 Å². The monoisotopic (exact) mass is 459 g/mol. The molecule has 0 saturated heterocycles. The molecule has 160 valence electrons. The Balaban J connectivity index is 1.29. The molecule has 0 aliphatic carbocycles. The lowest BCUT2D eigenvalue weighted by Crippen LogP contribution is -2.42. The van der Waals surface area contributed by atoms with E-state index in [-0.39, 0.29) is 11.7 Å². The third-order valence-corrected chi connectivity index (χ3v) is 5.69. The zero-order chi connectivity index (χ0) is 21.8. The number of halogens is 1. The topological polar surface area (TPSA) is 107 Å². The summed E-state index contributed by atoms with van der Waals surface area (Å²) in [5.41, 5.74) is 5.11. The van der Waals surface area contributed by atoms with Gasteiger partial charge in [-0.3, -0.25) is 20.4 Å². The van der Waals surface area contributed by atoms with Crippen molar-refractivity contribution >= 4 is 35.2 Å². The molecular weight excluding hydrogens is 442 g/mol. The molecule has 3 aromatic rings. The normalized spacial score (nSPS) is 14.7. The smallest absolute Gasteiger partial charge is 0.269 e. The first kappa shape index (κ1) is 21.0. The minimum atomic E-state index is -0.439. The van der Waals surface area contributed by atoms with Gasteiger partial charge in [-0.05, 0) is 36.4 Å². The fraction of sp³-hybridized carbons (Fsp3) is 0.200. The van der Waals surface area contributed by atoms with Crippen molar-refractivity contribution in [2.75, 3.05) is 12.4 Å². The van der Waals surface area contributed by atoms with E-state index in [0.717, 1.165) is 0 Å². The number of thioether (sulfide) groups is 1. The molecule has 1 unspecified atom stereocenters. The number of ether oxygens (including phenoxy) is 2. The molecule has 2 heterocycles. The van der Waals surface area contributed by atoms with Crippen molar-refractivity contribution in [3.05, 3.63) is 64.9 Å². The van der Waals surface area contributed by atoms with Crippen LogP contribution in [0.5, 0.6) is 11.5 Å². The molecule has 2 aromatic carbocycles. The van der Waals surface area contributed by atoms with E-state index in [1.165, 1.54) is 11.8 Å². The Morgan fingerprint density at radius 2 is 1.87 bits per heavy atom. The van der Waals surface area contributed by atoms with Crippen LogP contribution in [0, 0.1) is 0 Å². The average Bonchev–Trinajstić information content (AvgIpc) is 3.16. The lowest BCUT2D eigenvalue weighted by molar-refractivity contribution is -0.119.